The second kappa shape index (κ2) is 9.06. The maximum atomic E-state index is 12.0. The van der Waals surface area contributed by atoms with Gasteiger partial charge in [-0.05, 0) is 39.7 Å². The molecule has 0 unspecified atom stereocenters. The van der Waals surface area contributed by atoms with Crippen LogP contribution in [-0.4, -0.2) is 44.4 Å². The normalized spacial score (nSPS) is 17.4. The first-order valence-electron chi connectivity index (χ1n) is 8.81. The van der Waals surface area contributed by atoms with Crippen molar-refractivity contribution in [1.29, 1.82) is 0 Å². The number of benzene rings is 1. The topological polar surface area (TPSA) is 68.8 Å². The lowest BCUT2D eigenvalue weighted by Crippen LogP contribution is -2.43. The summed E-state index contributed by atoms with van der Waals surface area (Å²) in [5.41, 5.74) is 0.674. The molecule has 0 aromatic heterocycles. The number of rotatable bonds is 8. The first kappa shape index (κ1) is 19.5. The molecular weight excluding hydrogens is 320 g/mol. The maximum absolute atomic E-state index is 12.0. The molecule has 6 heteroatoms. The highest BCUT2D eigenvalue weighted by molar-refractivity contribution is 5.78. The lowest BCUT2D eigenvalue weighted by atomic mass is 10.1. The van der Waals surface area contributed by atoms with Gasteiger partial charge in [-0.3, -0.25) is 4.79 Å². The van der Waals surface area contributed by atoms with Crippen LogP contribution in [0.3, 0.4) is 0 Å². The molecule has 6 nitrogen and oxygen atoms in total. The fraction of sp³-hybridized carbons (Fsp3) is 0.632. The summed E-state index contributed by atoms with van der Waals surface area (Å²) in [6.07, 6.45) is 2.51. The van der Waals surface area contributed by atoms with Gasteiger partial charge in [0.2, 0.25) is 0 Å². The summed E-state index contributed by atoms with van der Waals surface area (Å²) >= 11 is 0. The molecule has 0 aliphatic carbocycles. The van der Waals surface area contributed by atoms with Crippen molar-refractivity contribution in [3.8, 4) is 11.5 Å². The highest BCUT2D eigenvalue weighted by atomic mass is 16.5. The minimum atomic E-state index is -0.285. The molecule has 1 aromatic rings. The molecule has 1 aliphatic heterocycles. The fourth-order valence-corrected chi connectivity index (χ4v) is 2.79. The zero-order valence-electron chi connectivity index (χ0n) is 15.7. The van der Waals surface area contributed by atoms with Gasteiger partial charge >= 0.3 is 0 Å². The van der Waals surface area contributed by atoms with Crippen LogP contribution in [0.25, 0.3) is 0 Å². The lowest BCUT2D eigenvalue weighted by molar-refractivity contribution is -0.124. The Morgan fingerprint density at radius 3 is 2.80 bits per heavy atom. The number of nitrogens with one attached hydrogen (secondary N) is 2. The summed E-state index contributed by atoms with van der Waals surface area (Å²) in [5.74, 6) is 1.07. The molecule has 1 amide bonds. The van der Waals surface area contributed by atoms with Gasteiger partial charge in [-0.15, -0.1) is 0 Å². The Balaban J connectivity index is 1.95. The van der Waals surface area contributed by atoms with Crippen LogP contribution in [0.15, 0.2) is 18.2 Å². The Bertz CT molecular complexity index is 563. The van der Waals surface area contributed by atoms with Gasteiger partial charge in [0.15, 0.2) is 18.1 Å². The first-order chi connectivity index (χ1) is 11.9. The predicted octanol–water partition coefficient (Wildman–Crippen LogP) is 2.26. The number of ether oxygens (including phenoxy) is 3. The molecule has 0 spiro atoms. The van der Waals surface area contributed by atoms with Crippen molar-refractivity contribution in [2.24, 2.45) is 0 Å². The number of hydrogen-bond acceptors (Lipinski definition) is 5. The largest absolute Gasteiger partial charge is 0.493 e. The molecule has 2 rings (SSSR count). The first-order valence-corrected chi connectivity index (χ1v) is 8.81. The molecule has 1 fully saturated rings. The zero-order chi connectivity index (χ0) is 18.3. The lowest BCUT2D eigenvalue weighted by Gasteiger charge is -2.21. The Morgan fingerprint density at radius 2 is 2.16 bits per heavy atom. The van der Waals surface area contributed by atoms with Gasteiger partial charge in [0, 0.05) is 30.8 Å². The Hall–Kier alpha value is -1.79. The molecule has 0 radical (unpaired) electrons. The summed E-state index contributed by atoms with van der Waals surface area (Å²) < 4.78 is 16.8. The molecule has 1 saturated heterocycles. The van der Waals surface area contributed by atoms with E-state index in [4.69, 9.17) is 14.2 Å². The molecule has 2 N–H and O–H groups in total. The third kappa shape index (κ3) is 6.55. The van der Waals surface area contributed by atoms with Crippen LogP contribution in [0.4, 0.5) is 0 Å². The van der Waals surface area contributed by atoms with Crippen LogP contribution in [0.5, 0.6) is 11.5 Å². The summed E-state index contributed by atoms with van der Waals surface area (Å²) in [4.78, 5) is 12.0. The van der Waals surface area contributed by atoms with E-state index in [0.29, 0.717) is 18.0 Å². The molecule has 1 atom stereocenters. The summed E-state index contributed by atoms with van der Waals surface area (Å²) in [5, 5.41) is 6.29. The third-order valence-corrected chi connectivity index (χ3v) is 3.85. The number of hydrogen-bond donors (Lipinski definition) is 2. The van der Waals surface area contributed by atoms with E-state index in [1.54, 1.807) is 7.11 Å². The van der Waals surface area contributed by atoms with Crippen molar-refractivity contribution < 1.29 is 19.0 Å². The Kier molecular flexibility index (Phi) is 7.08. The van der Waals surface area contributed by atoms with Crippen LogP contribution >= 0.6 is 0 Å². The molecule has 140 valence electrons. The van der Waals surface area contributed by atoms with Gasteiger partial charge in [0.05, 0.1) is 13.2 Å². The van der Waals surface area contributed by atoms with Crippen LogP contribution in [-0.2, 0) is 16.1 Å². The van der Waals surface area contributed by atoms with E-state index in [1.165, 1.54) is 0 Å². The Morgan fingerprint density at radius 1 is 1.36 bits per heavy atom. The SMILES string of the molecule is COc1cccc(CNC[C@@H]2CCCO2)c1OCC(=O)NC(C)(C)C. The number of carbonyl (C=O) groups excluding carboxylic acids is 1. The highest BCUT2D eigenvalue weighted by Gasteiger charge is 2.18. The second-order valence-electron chi connectivity index (χ2n) is 7.30. The summed E-state index contributed by atoms with van der Waals surface area (Å²) in [6.45, 7) is 8.06. The standard InChI is InChI=1S/C19H30N2O4/c1-19(2,3)21-17(22)13-25-18-14(7-5-9-16(18)23-4)11-20-12-15-8-6-10-24-15/h5,7,9,15,20H,6,8,10-13H2,1-4H3,(H,21,22)/t15-/m0/s1. The van der Waals surface area contributed by atoms with E-state index < -0.39 is 0 Å². The zero-order valence-corrected chi connectivity index (χ0v) is 15.7. The number of para-hydroxylation sites is 1. The van der Waals surface area contributed by atoms with Crippen molar-refractivity contribution in [3.05, 3.63) is 23.8 Å². The van der Waals surface area contributed by atoms with Crippen molar-refractivity contribution in [2.45, 2.75) is 51.8 Å². The van der Waals surface area contributed by atoms with Crippen molar-refractivity contribution in [1.82, 2.24) is 10.6 Å². The van der Waals surface area contributed by atoms with Crippen LogP contribution in [0, 0.1) is 0 Å². The third-order valence-electron chi connectivity index (χ3n) is 3.85. The van der Waals surface area contributed by atoms with Gasteiger partial charge in [0.1, 0.15) is 0 Å². The average molecular weight is 350 g/mol. The van der Waals surface area contributed by atoms with E-state index in [-0.39, 0.29) is 24.2 Å². The van der Waals surface area contributed by atoms with E-state index >= 15 is 0 Å². The monoisotopic (exact) mass is 350 g/mol. The molecule has 1 aromatic carbocycles. The van der Waals surface area contributed by atoms with E-state index in [0.717, 1.165) is 31.6 Å². The van der Waals surface area contributed by atoms with Crippen LogP contribution in [0.2, 0.25) is 0 Å². The van der Waals surface area contributed by atoms with Gasteiger partial charge < -0.3 is 24.8 Å². The number of amides is 1. The predicted molar refractivity (Wildman–Crippen MR) is 97.1 cm³/mol. The number of carbonyl (C=O) groups is 1. The molecule has 0 bridgehead atoms. The van der Waals surface area contributed by atoms with Gasteiger partial charge in [-0.2, -0.15) is 0 Å². The van der Waals surface area contributed by atoms with Crippen molar-refractivity contribution >= 4 is 5.91 Å². The molecular formula is C19H30N2O4. The molecule has 1 heterocycles. The minimum Gasteiger partial charge on any atom is -0.493 e. The van der Waals surface area contributed by atoms with Gasteiger partial charge in [-0.25, -0.2) is 0 Å². The van der Waals surface area contributed by atoms with E-state index in [9.17, 15) is 4.79 Å². The highest BCUT2D eigenvalue weighted by Crippen LogP contribution is 2.31. The minimum absolute atomic E-state index is 0.0453. The van der Waals surface area contributed by atoms with E-state index in [1.807, 2.05) is 39.0 Å². The van der Waals surface area contributed by atoms with E-state index in [2.05, 4.69) is 10.6 Å². The summed E-state index contributed by atoms with van der Waals surface area (Å²) in [7, 11) is 1.60. The molecule has 0 saturated carbocycles. The fourth-order valence-electron chi connectivity index (χ4n) is 2.79. The van der Waals surface area contributed by atoms with Gasteiger partial charge in [0.25, 0.3) is 5.91 Å². The van der Waals surface area contributed by atoms with Gasteiger partial charge in [-0.1, -0.05) is 12.1 Å². The molecule has 25 heavy (non-hydrogen) atoms. The maximum Gasteiger partial charge on any atom is 0.258 e. The van der Waals surface area contributed by atoms with Crippen LogP contribution < -0.4 is 20.1 Å². The van der Waals surface area contributed by atoms with Crippen molar-refractivity contribution in [3.63, 3.8) is 0 Å². The second-order valence-corrected chi connectivity index (χ2v) is 7.30. The Labute approximate surface area is 150 Å². The molecule has 1 aliphatic rings. The van der Waals surface area contributed by atoms with Crippen LogP contribution in [0.1, 0.15) is 39.2 Å². The smallest absolute Gasteiger partial charge is 0.258 e. The summed E-state index contributed by atoms with van der Waals surface area (Å²) in [6, 6.07) is 5.73. The number of methoxy groups -OCH3 is 1. The average Bonchev–Trinajstić information content (AvgIpc) is 3.05. The van der Waals surface area contributed by atoms with Crippen molar-refractivity contribution in [2.75, 3.05) is 26.9 Å². The quantitative estimate of drug-likeness (QED) is 0.753.